The third kappa shape index (κ3) is 5.87. The Labute approximate surface area is 324 Å². The SMILES string of the molecule is CCn1c(C(=O)C2(CBr)CNc3cc(OC(=O)N4CCN(C)CC4)c4[nH]c(C(F)(F)F)c(C(=O)O)c4c32)c(NC(=O)c2cc3ccccc3o2)c2ccccc21. The number of carbonyl (C=O) groups excluding carboxylic acids is 3. The molecule has 5 heterocycles. The van der Waals surface area contributed by atoms with Gasteiger partial charge in [0.2, 0.25) is 0 Å². The van der Waals surface area contributed by atoms with Crippen LogP contribution in [0.5, 0.6) is 5.75 Å². The quantitative estimate of drug-likeness (QED) is 0.0897. The molecule has 0 bridgehead atoms. The zero-order valence-corrected chi connectivity index (χ0v) is 31.6. The number of ketones is 1. The van der Waals surface area contributed by atoms with Crippen LogP contribution < -0.4 is 15.4 Å². The van der Waals surface area contributed by atoms with E-state index in [1.54, 1.807) is 66.1 Å². The van der Waals surface area contributed by atoms with E-state index in [1.165, 1.54) is 11.0 Å². The molecule has 13 nitrogen and oxygen atoms in total. The Hall–Kier alpha value is -5.81. The summed E-state index contributed by atoms with van der Waals surface area (Å²) in [5, 5.41) is 17.0. The number of hydrogen-bond donors (Lipinski definition) is 4. The van der Waals surface area contributed by atoms with Crippen molar-refractivity contribution in [1.82, 2.24) is 19.4 Å². The van der Waals surface area contributed by atoms with Gasteiger partial charge in [-0.2, -0.15) is 13.2 Å². The van der Waals surface area contributed by atoms with Gasteiger partial charge in [-0.25, -0.2) is 9.59 Å². The Morgan fingerprint density at radius 2 is 1.75 bits per heavy atom. The van der Waals surface area contributed by atoms with Gasteiger partial charge in [0.15, 0.2) is 17.3 Å². The minimum Gasteiger partial charge on any atom is -0.478 e. The third-order valence-electron chi connectivity index (χ3n) is 10.6. The number of amides is 2. The lowest BCUT2D eigenvalue weighted by atomic mass is 9.76. The molecular weight excluding hydrogens is 801 g/mol. The second-order valence-corrected chi connectivity index (χ2v) is 14.4. The number of Topliss-reactive ketones (excluding diaryl/α,β-unsaturated/α-hetero) is 1. The van der Waals surface area contributed by atoms with Gasteiger partial charge in [0.1, 0.15) is 17.0 Å². The smallest absolute Gasteiger partial charge is 0.432 e. The first-order valence-corrected chi connectivity index (χ1v) is 18.8. The van der Waals surface area contributed by atoms with Crippen molar-refractivity contribution in [3.8, 4) is 5.75 Å². The molecule has 2 amide bonds. The number of nitrogens with one attached hydrogen (secondary N) is 3. The number of carboxylic acid groups (broad SMARTS) is 1. The molecule has 3 aromatic carbocycles. The average Bonchev–Trinajstić information content (AvgIpc) is 3.95. The summed E-state index contributed by atoms with van der Waals surface area (Å²) in [6, 6.07) is 17.0. The number of ether oxygens (including phenoxy) is 1. The first-order valence-electron chi connectivity index (χ1n) is 17.7. The molecule has 56 heavy (non-hydrogen) atoms. The Kier molecular flexibility index (Phi) is 9.11. The van der Waals surface area contributed by atoms with Crippen LogP contribution in [0.2, 0.25) is 0 Å². The minimum atomic E-state index is -5.17. The zero-order chi connectivity index (χ0) is 39.7. The molecule has 17 heteroatoms. The highest BCUT2D eigenvalue weighted by molar-refractivity contribution is 9.09. The molecule has 0 radical (unpaired) electrons. The number of aromatic carboxylic acids is 1. The number of fused-ring (bicyclic) bond motifs is 5. The zero-order valence-electron chi connectivity index (χ0n) is 30.0. The van der Waals surface area contributed by atoms with Crippen LogP contribution >= 0.6 is 15.9 Å². The van der Waals surface area contributed by atoms with Crippen molar-refractivity contribution in [2.45, 2.75) is 25.1 Å². The van der Waals surface area contributed by atoms with Gasteiger partial charge in [-0.1, -0.05) is 52.3 Å². The van der Waals surface area contributed by atoms with Crippen LogP contribution in [0.15, 0.2) is 65.1 Å². The number of aromatic amines is 1. The summed E-state index contributed by atoms with van der Waals surface area (Å²) in [4.78, 5) is 61.2. The standard InChI is InChI=1S/C39H34BrF3N6O7/c1-3-49-23-10-6-5-9-21(23)30(46-35(51)26-16-20-8-4-7-11-24(20)55-26)32(49)34(50)38(18-40)19-44-22-17-25(56-37(54)48-14-12-47(2)13-15-48)31-27(29(22)38)28(36(52)53)33(45-31)39(41,42)43/h4-11,16-17,44-45H,3,12-15,18-19H2,1-2H3,(H,46,51)(H,52,53). The van der Waals surface area contributed by atoms with Crippen LogP contribution in [0.25, 0.3) is 32.8 Å². The van der Waals surface area contributed by atoms with Gasteiger partial charge in [-0.15, -0.1) is 0 Å². The molecule has 6 aromatic rings. The Bertz CT molecular complexity index is 2570. The molecule has 8 rings (SSSR count). The molecule has 0 aliphatic carbocycles. The maximum Gasteiger partial charge on any atom is 0.432 e. The second-order valence-electron chi connectivity index (χ2n) is 13.9. The largest absolute Gasteiger partial charge is 0.478 e. The highest BCUT2D eigenvalue weighted by atomic mass is 79.9. The molecule has 1 fully saturated rings. The molecule has 1 unspecified atom stereocenters. The number of anilines is 2. The third-order valence-corrected chi connectivity index (χ3v) is 11.6. The lowest BCUT2D eigenvalue weighted by Gasteiger charge is -2.31. The summed E-state index contributed by atoms with van der Waals surface area (Å²) < 4.78 is 57.2. The fourth-order valence-electron chi connectivity index (χ4n) is 7.83. The predicted molar refractivity (Wildman–Crippen MR) is 205 cm³/mol. The van der Waals surface area contributed by atoms with Gasteiger partial charge in [0.25, 0.3) is 5.91 Å². The Morgan fingerprint density at radius 3 is 2.43 bits per heavy atom. The maximum atomic E-state index is 15.5. The van der Waals surface area contributed by atoms with E-state index in [9.17, 15) is 32.7 Å². The minimum absolute atomic E-state index is 0.0144. The lowest BCUT2D eigenvalue weighted by molar-refractivity contribution is -0.141. The Morgan fingerprint density at radius 1 is 1.04 bits per heavy atom. The number of rotatable bonds is 8. The second kappa shape index (κ2) is 13.7. The molecule has 4 N–H and O–H groups in total. The number of para-hydroxylation sites is 2. The van der Waals surface area contributed by atoms with Crippen molar-refractivity contribution >= 4 is 83.8 Å². The van der Waals surface area contributed by atoms with E-state index in [0.29, 0.717) is 48.1 Å². The molecular formula is C39H34BrF3N6O7. The van der Waals surface area contributed by atoms with Gasteiger partial charge in [-0.3, -0.25) is 9.59 Å². The van der Waals surface area contributed by atoms with Crippen LogP contribution in [-0.4, -0.2) is 93.3 Å². The molecule has 3 aromatic heterocycles. The van der Waals surface area contributed by atoms with Gasteiger partial charge in [0.05, 0.1) is 27.7 Å². The number of piperazine rings is 1. The number of aryl methyl sites for hydroxylation is 1. The van der Waals surface area contributed by atoms with E-state index < -0.39 is 57.5 Å². The maximum absolute atomic E-state index is 15.5. The number of carboxylic acids is 1. The van der Waals surface area contributed by atoms with Crippen LogP contribution in [0, 0.1) is 0 Å². The number of likely N-dealkylation sites (N-methyl/N-ethyl adjacent to an activating group) is 1. The monoisotopic (exact) mass is 834 g/mol. The fourth-order valence-corrected chi connectivity index (χ4v) is 8.56. The summed E-state index contributed by atoms with van der Waals surface area (Å²) in [7, 11) is 1.89. The van der Waals surface area contributed by atoms with Crippen LogP contribution in [0.1, 0.15) is 49.6 Å². The summed E-state index contributed by atoms with van der Waals surface area (Å²) >= 11 is 3.48. The topological polar surface area (TPSA) is 162 Å². The molecule has 1 saturated heterocycles. The van der Waals surface area contributed by atoms with Crippen molar-refractivity contribution in [3.63, 3.8) is 0 Å². The lowest BCUT2D eigenvalue weighted by Crippen LogP contribution is -2.48. The van der Waals surface area contributed by atoms with Crippen molar-refractivity contribution in [2.24, 2.45) is 0 Å². The van der Waals surface area contributed by atoms with E-state index >= 15 is 4.79 Å². The summed E-state index contributed by atoms with van der Waals surface area (Å²) in [6.45, 7) is 3.58. The van der Waals surface area contributed by atoms with Crippen molar-refractivity contribution in [2.75, 3.05) is 55.7 Å². The summed E-state index contributed by atoms with van der Waals surface area (Å²) in [6.07, 6.45) is -5.99. The van der Waals surface area contributed by atoms with Gasteiger partial charge < -0.3 is 44.2 Å². The predicted octanol–water partition coefficient (Wildman–Crippen LogP) is 7.55. The van der Waals surface area contributed by atoms with Crippen molar-refractivity contribution in [3.05, 3.63) is 88.9 Å². The number of aromatic nitrogens is 2. The number of H-pyrrole nitrogens is 1. The highest BCUT2D eigenvalue weighted by Gasteiger charge is 2.51. The number of hydrogen-bond acceptors (Lipinski definition) is 8. The normalized spacial score (nSPS) is 17.4. The molecule has 290 valence electrons. The average molecular weight is 836 g/mol. The first-order chi connectivity index (χ1) is 26.8. The highest BCUT2D eigenvalue weighted by Crippen LogP contribution is 2.52. The van der Waals surface area contributed by atoms with Gasteiger partial charge >= 0.3 is 18.2 Å². The van der Waals surface area contributed by atoms with Crippen LogP contribution in [-0.2, 0) is 18.1 Å². The number of alkyl halides is 4. The van der Waals surface area contributed by atoms with Gasteiger partial charge in [0, 0.05) is 78.1 Å². The number of furan rings is 1. The molecule has 2 aliphatic rings. The first kappa shape index (κ1) is 37.1. The van der Waals surface area contributed by atoms with E-state index in [2.05, 4.69) is 31.5 Å². The summed E-state index contributed by atoms with van der Waals surface area (Å²) in [5.41, 5.74) is -3.54. The van der Waals surface area contributed by atoms with Crippen molar-refractivity contribution in [1.29, 1.82) is 0 Å². The van der Waals surface area contributed by atoms with Crippen LogP contribution in [0.3, 0.4) is 0 Å². The fraction of sp³-hybridized carbons (Fsp3) is 0.282. The molecule has 1 atom stereocenters. The number of halogens is 4. The number of nitrogens with zero attached hydrogens (tertiary/aromatic N) is 3. The molecule has 0 saturated carbocycles. The van der Waals surface area contributed by atoms with Crippen molar-refractivity contribution < 1.29 is 46.6 Å². The van der Waals surface area contributed by atoms with Crippen LogP contribution in [0.4, 0.5) is 29.3 Å². The Balaban J connectivity index is 1.31. The van der Waals surface area contributed by atoms with E-state index in [-0.39, 0.29) is 52.6 Å². The van der Waals surface area contributed by atoms with E-state index in [4.69, 9.17) is 9.15 Å². The van der Waals surface area contributed by atoms with E-state index in [0.717, 1.165) is 0 Å². The molecule has 2 aliphatic heterocycles. The number of benzene rings is 3. The van der Waals surface area contributed by atoms with E-state index in [1.807, 2.05) is 11.9 Å². The molecule has 0 spiro atoms. The van der Waals surface area contributed by atoms with Gasteiger partial charge in [-0.05, 0) is 32.2 Å². The number of carbonyl (C=O) groups is 4. The summed E-state index contributed by atoms with van der Waals surface area (Å²) in [5.74, 6) is -3.52.